The fourth-order valence-electron chi connectivity index (χ4n) is 2.11. The van der Waals surface area contributed by atoms with Gasteiger partial charge < -0.3 is 5.11 Å². The lowest BCUT2D eigenvalue weighted by molar-refractivity contribution is -0.154. The SMILES string of the molecule is CC(C)C(C)(C(=O)O)N1CCCCC1. The molecule has 1 unspecified atom stereocenters. The number of carboxylic acid groups (broad SMARTS) is 1. The number of hydrogen-bond donors (Lipinski definition) is 1. The summed E-state index contributed by atoms with van der Waals surface area (Å²) in [5, 5.41) is 9.31. The van der Waals surface area contributed by atoms with Crippen molar-refractivity contribution in [1.82, 2.24) is 4.90 Å². The summed E-state index contributed by atoms with van der Waals surface area (Å²) in [5.74, 6) is -0.535. The molecule has 1 heterocycles. The predicted octanol–water partition coefficient (Wildman–Crippen LogP) is 1.97. The Kier molecular flexibility index (Phi) is 3.53. The standard InChI is InChI=1S/C11H21NO2/c1-9(2)11(3,10(13)14)12-7-5-4-6-8-12/h9H,4-8H2,1-3H3,(H,13,14). The second-order valence-electron chi connectivity index (χ2n) is 4.66. The molecule has 1 N–H and O–H groups in total. The molecule has 0 aliphatic carbocycles. The number of carbonyl (C=O) groups is 1. The Morgan fingerprint density at radius 3 is 2.14 bits per heavy atom. The average molecular weight is 199 g/mol. The van der Waals surface area contributed by atoms with Gasteiger partial charge in [0, 0.05) is 0 Å². The van der Waals surface area contributed by atoms with E-state index in [-0.39, 0.29) is 5.92 Å². The lowest BCUT2D eigenvalue weighted by Gasteiger charge is -2.42. The van der Waals surface area contributed by atoms with E-state index in [2.05, 4.69) is 4.90 Å². The molecule has 3 nitrogen and oxygen atoms in total. The quantitative estimate of drug-likeness (QED) is 0.755. The van der Waals surface area contributed by atoms with E-state index in [1.165, 1.54) is 6.42 Å². The van der Waals surface area contributed by atoms with Crippen LogP contribution in [0.5, 0.6) is 0 Å². The molecule has 0 aromatic heterocycles. The molecule has 0 saturated carbocycles. The van der Waals surface area contributed by atoms with Gasteiger partial charge in [-0.1, -0.05) is 20.3 Å². The van der Waals surface area contributed by atoms with E-state index in [4.69, 9.17) is 0 Å². The normalized spacial score (nSPS) is 23.4. The van der Waals surface area contributed by atoms with Crippen LogP contribution in [0.25, 0.3) is 0 Å². The molecule has 1 saturated heterocycles. The Hall–Kier alpha value is -0.570. The zero-order chi connectivity index (χ0) is 10.8. The van der Waals surface area contributed by atoms with Gasteiger partial charge in [0.25, 0.3) is 0 Å². The van der Waals surface area contributed by atoms with Crippen molar-refractivity contribution in [2.24, 2.45) is 5.92 Å². The zero-order valence-corrected chi connectivity index (χ0v) is 9.42. The highest BCUT2D eigenvalue weighted by atomic mass is 16.4. The number of piperidine rings is 1. The van der Waals surface area contributed by atoms with E-state index >= 15 is 0 Å². The van der Waals surface area contributed by atoms with Crippen LogP contribution in [-0.4, -0.2) is 34.6 Å². The molecule has 1 aliphatic rings. The third-order valence-electron chi connectivity index (χ3n) is 3.57. The van der Waals surface area contributed by atoms with Crippen LogP contribution in [-0.2, 0) is 4.79 Å². The monoisotopic (exact) mass is 199 g/mol. The van der Waals surface area contributed by atoms with Crippen LogP contribution in [0.4, 0.5) is 0 Å². The number of hydrogen-bond acceptors (Lipinski definition) is 2. The summed E-state index contributed by atoms with van der Waals surface area (Å²) in [7, 11) is 0. The van der Waals surface area contributed by atoms with E-state index in [9.17, 15) is 9.90 Å². The van der Waals surface area contributed by atoms with Crippen LogP contribution in [0.2, 0.25) is 0 Å². The summed E-state index contributed by atoms with van der Waals surface area (Å²) < 4.78 is 0. The summed E-state index contributed by atoms with van der Waals surface area (Å²) in [5.41, 5.74) is -0.680. The van der Waals surface area contributed by atoms with Crippen molar-refractivity contribution in [3.8, 4) is 0 Å². The molecule has 0 aromatic rings. The highest BCUT2D eigenvalue weighted by Gasteiger charge is 2.42. The molecule has 82 valence electrons. The summed E-state index contributed by atoms with van der Waals surface area (Å²) in [6.45, 7) is 7.69. The number of aliphatic carboxylic acids is 1. The molecule has 3 heteroatoms. The van der Waals surface area contributed by atoms with Gasteiger partial charge in [-0.15, -0.1) is 0 Å². The van der Waals surface area contributed by atoms with Gasteiger partial charge in [-0.3, -0.25) is 9.69 Å². The largest absolute Gasteiger partial charge is 0.480 e. The van der Waals surface area contributed by atoms with Gasteiger partial charge in [0.2, 0.25) is 0 Å². The first-order valence-electron chi connectivity index (χ1n) is 5.48. The molecule has 14 heavy (non-hydrogen) atoms. The molecule has 1 rings (SSSR count). The Balaban J connectivity index is 2.80. The van der Waals surface area contributed by atoms with E-state index < -0.39 is 11.5 Å². The Bertz CT molecular complexity index is 209. The zero-order valence-electron chi connectivity index (χ0n) is 9.42. The number of nitrogens with zero attached hydrogens (tertiary/aromatic N) is 1. The molecular formula is C11H21NO2. The Labute approximate surface area is 86.1 Å². The van der Waals surface area contributed by atoms with E-state index in [0.29, 0.717) is 0 Å². The van der Waals surface area contributed by atoms with E-state index in [1.54, 1.807) is 0 Å². The van der Waals surface area contributed by atoms with Gasteiger partial charge in [0.15, 0.2) is 0 Å². The van der Waals surface area contributed by atoms with Crippen LogP contribution < -0.4 is 0 Å². The number of carboxylic acids is 1. The molecule has 0 amide bonds. The van der Waals surface area contributed by atoms with Crippen LogP contribution >= 0.6 is 0 Å². The summed E-state index contributed by atoms with van der Waals surface area (Å²) in [4.78, 5) is 13.4. The van der Waals surface area contributed by atoms with Gasteiger partial charge in [0.05, 0.1) is 0 Å². The van der Waals surface area contributed by atoms with Crippen molar-refractivity contribution in [2.45, 2.75) is 45.6 Å². The minimum atomic E-state index is -0.686. The fraction of sp³-hybridized carbons (Fsp3) is 0.909. The lowest BCUT2D eigenvalue weighted by atomic mass is 9.85. The van der Waals surface area contributed by atoms with Crippen LogP contribution in [0.15, 0.2) is 0 Å². The highest BCUT2D eigenvalue weighted by molar-refractivity contribution is 5.78. The van der Waals surface area contributed by atoms with Crippen LogP contribution in [0, 0.1) is 5.92 Å². The first-order chi connectivity index (χ1) is 6.49. The summed E-state index contributed by atoms with van der Waals surface area (Å²) in [6, 6.07) is 0. The minimum absolute atomic E-state index is 0.151. The second-order valence-corrected chi connectivity index (χ2v) is 4.66. The van der Waals surface area contributed by atoms with Crippen molar-refractivity contribution in [3.05, 3.63) is 0 Å². The molecule has 0 spiro atoms. The van der Waals surface area contributed by atoms with Crippen molar-refractivity contribution >= 4 is 5.97 Å². The third kappa shape index (κ3) is 1.92. The second kappa shape index (κ2) is 4.30. The summed E-state index contributed by atoms with van der Waals surface area (Å²) in [6.07, 6.45) is 3.51. The first-order valence-corrected chi connectivity index (χ1v) is 5.48. The molecular weight excluding hydrogens is 178 g/mol. The van der Waals surface area contributed by atoms with Gasteiger partial charge >= 0.3 is 5.97 Å². The van der Waals surface area contributed by atoms with Crippen LogP contribution in [0.1, 0.15) is 40.0 Å². The van der Waals surface area contributed by atoms with Crippen molar-refractivity contribution in [2.75, 3.05) is 13.1 Å². The van der Waals surface area contributed by atoms with Crippen molar-refractivity contribution < 1.29 is 9.90 Å². The molecule has 1 fully saturated rings. The minimum Gasteiger partial charge on any atom is -0.480 e. The Morgan fingerprint density at radius 2 is 1.79 bits per heavy atom. The van der Waals surface area contributed by atoms with E-state index in [1.807, 2.05) is 20.8 Å². The maximum atomic E-state index is 11.3. The molecule has 1 atom stereocenters. The lowest BCUT2D eigenvalue weighted by Crippen LogP contribution is -2.57. The predicted molar refractivity (Wildman–Crippen MR) is 56.3 cm³/mol. The maximum Gasteiger partial charge on any atom is 0.324 e. The molecule has 0 bridgehead atoms. The van der Waals surface area contributed by atoms with Crippen molar-refractivity contribution in [3.63, 3.8) is 0 Å². The highest BCUT2D eigenvalue weighted by Crippen LogP contribution is 2.28. The number of rotatable bonds is 3. The van der Waals surface area contributed by atoms with Crippen LogP contribution in [0.3, 0.4) is 0 Å². The smallest absolute Gasteiger partial charge is 0.324 e. The fourth-order valence-corrected chi connectivity index (χ4v) is 2.11. The van der Waals surface area contributed by atoms with Gasteiger partial charge in [0.1, 0.15) is 5.54 Å². The average Bonchev–Trinajstić information content (AvgIpc) is 2.17. The summed E-state index contributed by atoms with van der Waals surface area (Å²) >= 11 is 0. The van der Waals surface area contributed by atoms with Gasteiger partial charge in [-0.05, 0) is 38.8 Å². The van der Waals surface area contributed by atoms with Gasteiger partial charge in [-0.2, -0.15) is 0 Å². The molecule has 0 aromatic carbocycles. The van der Waals surface area contributed by atoms with Crippen molar-refractivity contribution in [1.29, 1.82) is 0 Å². The van der Waals surface area contributed by atoms with Gasteiger partial charge in [-0.25, -0.2) is 0 Å². The number of likely N-dealkylation sites (tertiary alicyclic amines) is 1. The Morgan fingerprint density at radius 1 is 1.29 bits per heavy atom. The maximum absolute atomic E-state index is 11.3. The van der Waals surface area contributed by atoms with E-state index in [0.717, 1.165) is 25.9 Å². The topological polar surface area (TPSA) is 40.5 Å². The third-order valence-corrected chi connectivity index (χ3v) is 3.57. The molecule has 0 radical (unpaired) electrons. The first kappa shape index (κ1) is 11.5. The molecule has 1 aliphatic heterocycles.